The van der Waals surface area contributed by atoms with Crippen molar-refractivity contribution >= 4 is 17.3 Å². The van der Waals surface area contributed by atoms with Gasteiger partial charge in [0.15, 0.2) is 0 Å². The van der Waals surface area contributed by atoms with Crippen molar-refractivity contribution in [2.45, 2.75) is 20.4 Å². The average molecular weight is 271 g/mol. The molecule has 0 bridgehead atoms. The van der Waals surface area contributed by atoms with Gasteiger partial charge in [-0.25, -0.2) is 0 Å². The number of amides is 1. The van der Waals surface area contributed by atoms with E-state index < -0.39 is 0 Å². The van der Waals surface area contributed by atoms with E-state index in [0.717, 1.165) is 22.8 Å². The number of rotatable bonds is 4. The number of aromatic nitrogens is 1. The van der Waals surface area contributed by atoms with Gasteiger partial charge in [0.25, 0.3) is 0 Å². The summed E-state index contributed by atoms with van der Waals surface area (Å²) >= 11 is 0. The second-order valence-corrected chi connectivity index (χ2v) is 5.19. The number of nitrogens with zero attached hydrogens (tertiary/aromatic N) is 2. The van der Waals surface area contributed by atoms with Gasteiger partial charge < -0.3 is 14.8 Å². The van der Waals surface area contributed by atoms with Crippen molar-refractivity contribution in [1.29, 1.82) is 0 Å². The molecule has 0 atom stereocenters. The molecule has 106 valence electrons. The summed E-state index contributed by atoms with van der Waals surface area (Å²) in [4.78, 5) is 14.1. The van der Waals surface area contributed by atoms with E-state index in [2.05, 4.69) is 5.32 Å². The average Bonchev–Trinajstić information content (AvgIpc) is 2.71. The third-order valence-electron chi connectivity index (χ3n) is 3.39. The normalized spacial score (nSPS) is 10.4. The molecule has 0 fully saturated rings. The Balaban J connectivity index is 2.01. The zero-order valence-corrected chi connectivity index (χ0v) is 12.5. The monoisotopic (exact) mass is 271 g/mol. The summed E-state index contributed by atoms with van der Waals surface area (Å²) in [5.74, 6) is -0.00926. The Labute approximate surface area is 120 Å². The Hall–Kier alpha value is -2.23. The first-order valence-electron chi connectivity index (χ1n) is 6.67. The van der Waals surface area contributed by atoms with Gasteiger partial charge in [-0.3, -0.25) is 4.79 Å². The van der Waals surface area contributed by atoms with Crippen molar-refractivity contribution in [2.24, 2.45) is 0 Å². The number of anilines is 2. The molecule has 1 aromatic heterocycles. The fourth-order valence-corrected chi connectivity index (χ4v) is 2.14. The maximum absolute atomic E-state index is 12.1. The van der Waals surface area contributed by atoms with Gasteiger partial charge >= 0.3 is 0 Å². The predicted octanol–water partition coefficient (Wildman–Crippen LogP) is 2.81. The summed E-state index contributed by atoms with van der Waals surface area (Å²) in [6, 6.07) is 11.9. The second kappa shape index (κ2) is 5.82. The van der Waals surface area contributed by atoms with Crippen LogP contribution in [0, 0.1) is 13.8 Å². The molecular weight excluding hydrogens is 250 g/mol. The molecule has 0 radical (unpaired) electrons. The Morgan fingerprint density at radius 3 is 2.10 bits per heavy atom. The zero-order valence-electron chi connectivity index (χ0n) is 12.5. The summed E-state index contributed by atoms with van der Waals surface area (Å²) < 4.78 is 2.00. The molecule has 1 heterocycles. The number of nitrogens with one attached hydrogen (secondary N) is 1. The van der Waals surface area contributed by atoms with E-state index in [1.54, 1.807) is 0 Å². The highest BCUT2D eigenvalue weighted by molar-refractivity contribution is 5.90. The van der Waals surface area contributed by atoms with Crippen LogP contribution in [-0.2, 0) is 11.3 Å². The molecule has 4 heteroatoms. The van der Waals surface area contributed by atoms with Gasteiger partial charge in [-0.2, -0.15) is 0 Å². The van der Waals surface area contributed by atoms with Crippen molar-refractivity contribution < 1.29 is 4.79 Å². The summed E-state index contributed by atoms with van der Waals surface area (Å²) in [7, 11) is 3.98. The summed E-state index contributed by atoms with van der Waals surface area (Å²) in [6.45, 7) is 4.36. The maximum atomic E-state index is 12.1. The van der Waals surface area contributed by atoms with Crippen LogP contribution in [0.1, 0.15) is 11.4 Å². The minimum absolute atomic E-state index is 0.00926. The molecule has 0 spiro atoms. The van der Waals surface area contributed by atoms with Crippen LogP contribution in [0.2, 0.25) is 0 Å². The molecule has 20 heavy (non-hydrogen) atoms. The molecular formula is C16H21N3O. The highest BCUT2D eigenvalue weighted by Gasteiger charge is 2.07. The first-order valence-corrected chi connectivity index (χ1v) is 6.67. The maximum Gasteiger partial charge on any atom is 0.244 e. The molecule has 1 N–H and O–H groups in total. The van der Waals surface area contributed by atoms with Gasteiger partial charge in [0.2, 0.25) is 5.91 Å². The predicted molar refractivity (Wildman–Crippen MR) is 83.3 cm³/mol. The smallest absolute Gasteiger partial charge is 0.244 e. The van der Waals surface area contributed by atoms with E-state index in [-0.39, 0.29) is 5.91 Å². The summed E-state index contributed by atoms with van der Waals surface area (Å²) in [5, 5.41) is 2.92. The summed E-state index contributed by atoms with van der Waals surface area (Å²) in [5.41, 5.74) is 4.13. The lowest BCUT2D eigenvalue weighted by Crippen LogP contribution is -2.20. The van der Waals surface area contributed by atoms with Crippen molar-refractivity contribution in [2.75, 3.05) is 24.3 Å². The zero-order chi connectivity index (χ0) is 14.7. The van der Waals surface area contributed by atoms with Crippen LogP contribution < -0.4 is 10.2 Å². The molecule has 2 rings (SSSR count). The lowest BCUT2D eigenvalue weighted by molar-refractivity contribution is -0.116. The van der Waals surface area contributed by atoms with Crippen LogP contribution in [-0.4, -0.2) is 24.6 Å². The molecule has 2 aromatic rings. The second-order valence-electron chi connectivity index (χ2n) is 5.19. The van der Waals surface area contributed by atoms with E-state index in [1.807, 2.05) is 73.8 Å². The SMILES string of the molecule is Cc1ccc(C)n1CC(=O)Nc1ccc(N(C)C)cc1. The van der Waals surface area contributed by atoms with Gasteiger partial charge in [0.05, 0.1) is 0 Å². The number of carbonyl (C=O) groups excluding carboxylic acids is 1. The van der Waals surface area contributed by atoms with Crippen molar-refractivity contribution in [3.8, 4) is 0 Å². The van der Waals surface area contributed by atoms with Crippen LogP contribution in [0.15, 0.2) is 36.4 Å². The van der Waals surface area contributed by atoms with E-state index in [9.17, 15) is 4.79 Å². The highest BCUT2D eigenvalue weighted by atomic mass is 16.1. The molecule has 0 unspecified atom stereocenters. The third kappa shape index (κ3) is 3.20. The fourth-order valence-electron chi connectivity index (χ4n) is 2.14. The standard InChI is InChI=1S/C16H21N3O/c1-12-5-6-13(2)19(12)11-16(20)17-14-7-9-15(10-8-14)18(3)4/h5-10H,11H2,1-4H3,(H,17,20). The minimum atomic E-state index is -0.00926. The van der Waals surface area contributed by atoms with Gasteiger partial charge in [0, 0.05) is 36.9 Å². The van der Waals surface area contributed by atoms with Crippen LogP contribution in [0.4, 0.5) is 11.4 Å². The Morgan fingerprint density at radius 1 is 1.05 bits per heavy atom. The first-order chi connectivity index (χ1) is 9.47. The Bertz CT molecular complexity index is 577. The lowest BCUT2D eigenvalue weighted by atomic mass is 10.2. The first kappa shape index (κ1) is 14.2. The van der Waals surface area contributed by atoms with Crippen LogP contribution in [0.5, 0.6) is 0 Å². The molecule has 4 nitrogen and oxygen atoms in total. The largest absolute Gasteiger partial charge is 0.378 e. The number of aryl methyl sites for hydroxylation is 2. The van der Waals surface area contributed by atoms with Crippen LogP contribution in [0.25, 0.3) is 0 Å². The fraction of sp³-hybridized carbons (Fsp3) is 0.312. The van der Waals surface area contributed by atoms with E-state index in [4.69, 9.17) is 0 Å². The van der Waals surface area contributed by atoms with Gasteiger partial charge in [0.1, 0.15) is 6.54 Å². The van der Waals surface area contributed by atoms with Crippen molar-refractivity contribution in [1.82, 2.24) is 4.57 Å². The van der Waals surface area contributed by atoms with E-state index >= 15 is 0 Å². The van der Waals surface area contributed by atoms with Crippen molar-refractivity contribution in [3.05, 3.63) is 47.8 Å². The topological polar surface area (TPSA) is 37.3 Å². The number of hydrogen-bond donors (Lipinski definition) is 1. The van der Waals surface area contributed by atoms with Crippen LogP contribution in [0.3, 0.4) is 0 Å². The van der Waals surface area contributed by atoms with Gasteiger partial charge in [-0.15, -0.1) is 0 Å². The molecule has 1 aromatic carbocycles. The molecule has 0 aliphatic rings. The minimum Gasteiger partial charge on any atom is -0.378 e. The number of carbonyl (C=O) groups is 1. The molecule has 0 saturated heterocycles. The Kier molecular flexibility index (Phi) is 4.13. The van der Waals surface area contributed by atoms with Crippen LogP contribution >= 0.6 is 0 Å². The van der Waals surface area contributed by atoms with E-state index in [1.165, 1.54) is 0 Å². The Morgan fingerprint density at radius 2 is 1.60 bits per heavy atom. The number of hydrogen-bond acceptors (Lipinski definition) is 2. The molecule has 1 amide bonds. The summed E-state index contributed by atoms with van der Waals surface area (Å²) in [6.07, 6.45) is 0. The number of benzene rings is 1. The molecule has 0 aliphatic heterocycles. The van der Waals surface area contributed by atoms with Gasteiger partial charge in [-0.05, 0) is 50.2 Å². The molecule has 0 aliphatic carbocycles. The third-order valence-corrected chi connectivity index (χ3v) is 3.39. The highest BCUT2D eigenvalue weighted by Crippen LogP contribution is 2.16. The van der Waals surface area contributed by atoms with Gasteiger partial charge in [-0.1, -0.05) is 0 Å². The van der Waals surface area contributed by atoms with Crippen molar-refractivity contribution in [3.63, 3.8) is 0 Å². The quantitative estimate of drug-likeness (QED) is 0.928. The lowest BCUT2D eigenvalue weighted by Gasteiger charge is -2.13. The van der Waals surface area contributed by atoms with E-state index in [0.29, 0.717) is 6.54 Å². The molecule has 0 saturated carbocycles.